The first kappa shape index (κ1) is 34.1. The molecule has 2 aliphatic heterocycles. The Labute approximate surface area is 268 Å². The second-order valence-electron chi connectivity index (χ2n) is 11.0. The van der Waals surface area contributed by atoms with E-state index >= 15 is 0 Å². The van der Waals surface area contributed by atoms with Gasteiger partial charge < -0.3 is 34.5 Å². The third-order valence-electron chi connectivity index (χ3n) is 7.57. The zero-order valence-corrected chi connectivity index (χ0v) is 26.6. The van der Waals surface area contributed by atoms with Gasteiger partial charge in [0.15, 0.2) is 6.61 Å². The molecule has 0 radical (unpaired) electrons. The van der Waals surface area contributed by atoms with Crippen molar-refractivity contribution >= 4 is 55.7 Å². The lowest BCUT2D eigenvalue weighted by Gasteiger charge is -2.36. The number of hydrogen-bond acceptors (Lipinski definition) is 9. The van der Waals surface area contributed by atoms with Crippen molar-refractivity contribution in [3.63, 3.8) is 0 Å². The van der Waals surface area contributed by atoms with E-state index in [1.165, 1.54) is 5.69 Å². The van der Waals surface area contributed by atoms with Crippen LogP contribution in [0, 0.1) is 0 Å². The van der Waals surface area contributed by atoms with Crippen LogP contribution in [-0.4, -0.2) is 119 Å². The van der Waals surface area contributed by atoms with E-state index in [4.69, 9.17) is 14.9 Å². The summed E-state index contributed by atoms with van der Waals surface area (Å²) in [5.74, 6) is -1.83. The number of sulfonamides is 1. The van der Waals surface area contributed by atoms with Gasteiger partial charge in [0.25, 0.3) is 5.91 Å². The largest absolute Gasteiger partial charge is 0.484 e. The third-order valence-corrected chi connectivity index (χ3v) is 8.18. The number of anilines is 3. The predicted molar refractivity (Wildman–Crippen MR) is 177 cm³/mol. The molecule has 0 bridgehead atoms. The van der Waals surface area contributed by atoms with Crippen molar-refractivity contribution in [1.29, 1.82) is 0 Å². The molecule has 3 aromatic carbocycles. The Morgan fingerprint density at radius 3 is 2.02 bits per heavy atom. The highest BCUT2D eigenvalue weighted by molar-refractivity contribution is 7.92. The Balaban J connectivity index is 0.000000533. The molecule has 2 fully saturated rings. The van der Waals surface area contributed by atoms with Gasteiger partial charge in [-0.05, 0) is 54.9 Å². The lowest BCUT2D eigenvalue weighted by atomic mass is 10.1. The maximum Gasteiger partial charge on any atom is 0.328 e. The zero-order valence-electron chi connectivity index (χ0n) is 25.8. The summed E-state index contributed by atoms with van der Waals surface area (Å²) in [5, 5.41) is 17.9. The monoisotopic (exact) mass is 653 g/mol. The summed E-state index contributed by atoms with van der Waals surface area (Å²) < 4.78 is 31.3. The number of fused-ring (bicyclic) bond motifs is 1. The Kier molecular flexibility index (Phi) is 11.4. The van der Waals surface area contributed by atoms with Crippen LogP contribution in [0.3, 0.4) is 0 Å². The van der Waals surface area contributed by atoms with Gasteiger partial charge in [0.05, 0.1) is 6.26 Å². The number of carboxylic acid groups (broad SMARTS) is 2. The first-order valence-corrected chi connectivity index (χ1v) is 16.6. The number of nitrogens with zero attached hydrogens (tertiary/aromatic N) is 4. The highest BCUT2D eigenvalue weighted by Crippen LogP contribution is 2.31. The van der Waals surface area contributed by atoms with Crippen LogP contribution in [0.4, 0.5) is 17.1 Å². The third kappa shape index (κ3) is 10.1. The number of aliphatic carboxylic acids is 2. The van der Waals surface area contributed by atoms with Gasteiger partial charge in [0.1, 0.15) is 5.75 Å². The summed E-state index contributed by atoms with van der Waals surface area (Å²) in [4.78, 5) is 40.8. The number of carbonyl (C=O) groups is 3. The lowest BCUT2D eigenvalue weighted by molar-refractivity contribution is -0.134. The molecule has 0 spiro atoms. The molecule has 246 valence electrons. The molecular weight excluding hydrogens is 614 g/mol. The summed E-state index contributed by atoms with van der Waals surface area (Å²) in [7, 11) is -1.15. The fourth-order valence-electron chi connectivity index (χ4n) is 5.20. The zero-order chi connectivity index (χ0) is 33.3. The Morgan fingerprint density at radius 2 is 1.43 bits per heavy atom. The van der Waals surface area contributed by atoms with Gasteiger partial charge in [-0.3, -0.25) is 9.52 Å². The summed E-state index contributed by atoms with van der Waals surface area (Å²) in [5.41, 5.74) is 2.75. The van der Waals surface area contributed by atoms with E-state index in [-0.39, 0.29) is 12.5 Å². The van der Waals surface area contributed by atoms with Crippen LogP contribution in [0.1, 0.15) is 0 Å². The Morgan fingerprint density at radius 1 is 0.826 bits per heavy atom. The first-order valence-electron chi connectivity index (χ1n) is 14.7. The number of rotatable bonds is 9. The highest BCUT2D eigenvalue weighted by Gasteiger charge is 2.22. The van der Waals surface area contributed by atoms with Crippen molar-refractivity contribution in [1.82, 2.24) is 9.80 Å². The highest BCUT2D eigenvalue weighted by atomic mass is 32.2. The second-order valence-corrected chi connectivity index (χ2v) is 12.8. The second kappa shape index (κ2) is 15.5. The summed E-state index contributed by atoms with van der Waals surface area (Å²) in [6, 6.07) is 19.7. The topological polar surface area (TPSA) is 160 Å². The van der Waals surface area contributed by atoms with Crippen LogP contribution in [0.5, 0.6) is 5.75 Å². The van der Waals surface area contributed by atoms with Crippen molar-refractivity contribution in [2.75, 3.05) is 86.8 Å². The number of likely N-dealkylation sites (N-methyl/N-ethyl adjacent to an activating group) is 1. The molecule has 0 aromatic heterocycles. The Hall–Kier alpha value is -4.82. The Bertz CT molecular complexity index is 1650. The molecule has 0 unspecified atom stereocenters. The molecule has 0 aliphatic carbocycles. The van der Waals surface area contributed by atoms with Crippen molar-refractivity contribution in [2.45, 2.75) is 0 Å². The fraction of sp³-hybridized carbons (Fsp3) is 0.344. The number of nitrogens with one attached hydrogen (secondary N) is 1. The smallest absolute Gasteiger partial charge is 0.328 e. The maximum absolute atomic E-state index is 12.9. The van der Waals surface area contributed by atoms with Crippen molar-refractivity contribution in [3.8, 4) is 5.75 Å². The SMILES string of the molecule is CN1CCN(c2cccc3ccc(OCC(=O)N4CCN(c5ccc(NS(C)(=O)=O)cc5)CC4)cc23)CC1.O=C(O)/C=C/C(=O)O. The molecule has 2 saturated heterocycles. The van der Waals surface area contributed by atoms with Gasteiger partial charge in [0, 0.05) is 87.0 Å². The van der Waals surface area contributed by atoms with E-state index in [0.717, 1.165) is 48.9 Å². The van der Waals surface area contributed by atoms with E-state index in [2.05, 4.69) is 56.8 Å². The van der Waals surface area contributed by atoms with E-state index < -0.39 is 22.0 Å². The minimum atomic E-state index is -3.30. The quantitative estimate of drug-likeness (QED) is 0.291. The molecule has 2 heterocycles. The molecule has 2 aliphatic rings. The van der Waals surface area contributed by atoms with Crippen LogP contribution in [-0.2, 0) is 24.4 Å². The van der Waals surface area contributed by atoms with Crippen molar-refractivity contribution in [2.24, 2.45) is 0 Å². The number of ether oxygens (including phenoxy) is 1. The first-order chi connectivity index (χ1) is 21.9. The van der Waals surface area contributed by atoms with Crippen LogP contribution in [0.25, 0.3) is 10.8 Å². The van der Waals surface area contributed by atoms with E-state index in [1.807, 2.05) is 23.1 Å². The van der Waals surface area contributed by atoms with Crippen molar-refractivity contribution < 1.29 is 37.8 Å². The molecule has 13 nitrogen and oxygen atoms in total. The maximum atomic E-state index is 12.9. The van der Waals surface area contributed by atoms with E-state index in [9.17, 15) is 22.8 Å². The summed E-state index contributed by atoms with van der Waals surface area (Å²) in [6.07, 6.45) is 2.25. The fourth-order valence-corrected chi connectivity index (χ4v) is 5.76. The molecule has 5 rings (SSSR count). The van der Waals surface area contributed by atoms with E-state index in [0.29, 0.717) is 49.8 Å². The standard InChI is InChI=1S/C28H35N5O4S.C4H4O4/c1-30-12-14-32(15-13-30)27-5-3-4-22-6-11-25(20-26(22)27)37-21-28(34)33-18-16-31(17-19-33)24-9-7-23(8-10-24)29-38(2,35)36;5-3(6)1-2-4(7)8/h3-11,20,29H,12-19,21H2,1-2H3;1-2H,(H,5,6)(H,7,8)/b;2-1+. The minimum absolute atomic E-state index is 0.00798. The van der Waals surface area contributed by atoms with E-state index in [1.54, 1.807) is 12.1 Å². The number of amides is 1. The van der Waals surface area contributed by atoms with Crippen LogP contribution < -0.4 is 19.3 Å². The molecule has 0 saturated carbocycles. The summed E-state index contributed by atoms with van der Waals surface area (Å²) in [6.45, 7) is 6.70. The number of benzene rings is 3. The average molecular weight is 654 g/mol. The predicted octanol–water partition coefficient (Wildman–Crippen LogP) is 2.40. The van der Waals surface area contributed by atoms with Gasteiger partial charge in [-0.1, -0.05) is 18.2 Å². The van der Waals surface area contributed by atoms with Crippen LogP contribution in [0.2, 0.25) is 0 Å². The molecule has 1 amide bonds. The lowest BCUT2D eigenvalue weighted by Crippen LogP contribution is -2.50. The molecule has 3 aromatic rings. The average Bonchev–Trinajstić information content (AvgIpc) is 3.03. The van der Waals surface area contributed by atoms with Gasteiger partial charge in [-0.2, -0.15) is 0 Å². The molecular formula is C32H39N5O8S. The van der Waals surface area contributed by atoms with Crippen LogP contribution >= 0.6 is 0 Å². The van der Waals surface area contributed by atoms with Gasteiger partial charge in [0.2, 0.25) is 10.0 Å². The minimum Gasteiger partial charge on any atom is -0.484 e. The van der Waals surface area contributed by atoms with Gasteiger partial charge in [-0.15, -0.1) is 0 Å². The normalized spacial score (nSPS) is 15.7. The van der Waals surface area contributed by atoms with Gasteiger partial charge >= 0.3 is 11.9 Å². The molecule has 46 heavy (non-hydrogen) atoms. The number of piperazine rings is 2. The molecule has 3 N–H and O–H groups in total. The van der Waals surface area contributed by atoms with Crippen LogP contribution in [0.15, 0.2) is 72.8 Å². The number of carboxylic acids is 2. The summed E-state index contributed by atoms with van der Waals surface area (Å²) >= 11 is 0. The molecule has 0 atom stereocenters. The molecule has 14 heteroatoms. The number of carbonyl (C=O) groups excluding carboxylic acids is 1. The number of hydrogen-bond donors (Lipinski definition) is 3. The van der Waals surface area contributed by atoms with Gasteiger partial charge in [-0.25, -0.2) is 18.0 Å². The van der Waals surface area contributed by atoms with Crippen molar-refractivity contribution in [3.05, 3.63) is 72.8 Å².